The summed E-state index contributed by atoms with van der Waals surface area (Å²) in [5.41, 5.74) is 1.03. The standard InChI is InChI=1S/C17H17N7O3/c1-22(9-10-8-12(21-27-10)11-6-4-5-7-18-11)16-19-14-13(23(16)2)15(25)20-17(26)24(14)3/h4-8H,9H2,1-3H3,(H,20,25,26). The average molecular weight is 367 g/mol. The van der Waals surface area contributed by atoms with E-state index in [9.17, 15) is 9.59 Å². The maximum Gasteiger partial charge on any atom is 0.329 e. The molecule has 10 heteroatoms. The highest BCUT2D eigenvalue weighted by Crippen LogP contribution is 2.21. The van der Waals surface area contributed by atoms with Gasteiger partial charge in [-0.3, -0.25) is 19.3 Å². The summed E-state index contributed by atoms with van der Waals surface area (Å²) in [7, 11) is 5.10. The third kappa shape index (κ3) is 2.80. The van der Waals surface area contributed by atoms with Gasteiger partial charge in [0, 0.05) is 33.4 Å². The molecule has 138 valence electrons. The predicted octanol–water partition coefficient (Wildman–Crippen LogP) is 0.647. The summed E-state index contributed by atoms with van der Waals surface area (Å²) in [5.74, 6) is 1.14. The Morgan fingerprint density at radius 1 is 1.19 bits per heavy atom. The van der Waals surface area contributed by atoms with Crippen molar-refractivity contribution in [3.8, 4) is 11.4 Å². The third-order valence-corrected chi connectivity index (χ3v) is 4.33. The van der Waals surface area contributed by atoms with E-state index >= 15 is 0 Å². The van der Waals surface area contributed by atoms with Gasteiger partial charge in [0.15, 0.2) is 16.9 Å². The molecule has 1 N–H and O–H groups in total. The van der Waals surface area contributed by atoms with Crippen molar-refractivity contribution in [2.24, 2.45) is 14.1 Å². The van der Waals surface area contributed by atoms with Crippen LogP contribution in [0.1, 0.15) is 5.76 Å². The molecule has 0 saturated heterocycles. The van der Waals surface area contributed by atoms with Crippen molar-refractivity contribution in [3.05, 3.63) is 57.1 Å². The number of aromatic nitrogens is 6. The van der Waals surface area contributed by atoms with Gasteiger partial charge in [0.05, 0.1) is 12.2 Å². The van der Waals surface area contributed by atoms with Gasteiger partial charge in [0.2, 0.25) is 5.95 Å². The summed E-state index contributed by atoms with van der Waals surface area (Å²) < 4.78 is 8.35. The lowest BCUT2D eigenvalue weighted by Gasteiger charge is -2.15. The van der Waals surface area contributed by atoms with Gasteiger partial charge in [-0.05, 0) is 12.1 Å². The first kappa shape index (κ1) is 16.8. The maximum absolute atomic E-state index is 12.1. The lowest BCUT2D eigenvalue weighted by atomic mass is 10.2. The van der Waals surface area contributed by atoms with Gasteiger partial charge < -0.3 is 14.0 Å². The molecule has 0 bridgehead atoms. The SMILES string of the molecule is CN(Cc1cc(-c2ccccn2)no1)c1nc2c(c(=O)[nH]c(=O)n2C)n1C. The van der Waals surface area contributed by atoms with Gasteiger partial charge in [-0.15, -0.1) is 0 Å². The molecule has 4 aromatic rings. The van der Waals surface area contributed by atoms with Crippen molar-refractivity contribution >= 4 is 17.1 Å². The number of hydrogen-bond acceptors (Lipinski definition) is 7. The van der Waals surface area contributed by atoms with E-state index in [2.05, 4.69) is 20.1 Å². The molecule has 4 heterocycles. The highest BCUT2D eigenvalue weighted by molar-refractivity contribution is 5.74. The van der Waals surface area contributed by atoms with Crippen LogP contribution in [0.25, 0.3) is 22.6 Å². The van der Waals surface area contributed by atoms with Crippen LogP contribution in [0, 0.1) is 0 Å². The summed E-state index contributed by atoms with van der Waals surface area (Å²) in [6.45, 7) is 0.378. The van der Waals surface area contributed by atoms with Crippen LogP contribution < -0.4 is 16.1 Å². The summed E-state index contributed by atoms with van der Waals surface area (Å²) in [4.78, 5) is 36.7. The Hall–Kier alpha value is -3.69. The van der Waals surface area contributed by atoms with E-state index in [4.69, 9.17) is 4.52 Å². The zero-order chi connectivity index (χ0) is 19.1. The molecule has 0 spiro atoms. The monoisotopic (exact) mass is 367 g/mol. The fraction of sp³-hybridized carbons (Fsp3) is 0.235. The van der Waals surface area contributed by atoms with E-state index in [-0.39, 0.29) is 0 Å². The number of nitrogens with zero attached hydrogens (tertiary/aromatic N) is 6. The number of hydrogen-bond donors (Lipinski definition) is 1. The molecule has 0 unspecified atom stereocenters. The van der Waals surface area contributed by atoms with Gasteiger partial charge in [0.1, 0.15) is 5.69 Å². The molecule has 0 fully saturated rings. The minimum Gasteiger partial charge on any atom is -0.359 e. The number of H-pyrrole nitrogens is 1. The number of pyridine rings is 1. The number of aryl methyl sites for hydroxylation is 2. The van der Waals surface area contributed by atoms with Crippen LogP contribution in [-0.4, -0.2) is 36.3 Å². The fourth-order valence-corrected chi connectivity index (χ4v) is 2.97. The Bertz CT molecular complexity index is 1230. The smallest absolute Gasteiger partial charge is 0.329 e. The minimum atomic E-state index is -0.505. The molecule has 0 saturated carbocycles. The number of nitrogens with one attached hydrogen (secondary N) is 1. The second kappa shape index (κ2) is 6.24. The van der Waals surface area contributed by atoms with Crippen LogP contribution in [-0.2, 0) is 20.6 Å². The summed E-state index contributed by atoms with van der Waals surface area (Å²) in [6.07, 6.45) is 1.69. The molecular formula is C17H17N7O3. The molecule has 10 nitrogen and oxygen atoms in total. The molecule has 0 radical (unpaired) electrons. The van der Waals surface area contributed by atoms with Crippen LogP contribution in [0.2, 0.25) is 0 Å². The summed E-state index contributed by atoms with van der Waals surface area (Å²) in [6, 6.07) is 7.37. The van der Waals surface area contributed by atoms with Crippen molar-refractivity contribution in [1.82, 2.24) is 29.2 Å². The van der Waals surface area contributed by atoms with Gasteiger partial charge >= 0.3 is 5.69 Å². The van der Waals surface area contributed by atoms with Crippen molar-refractivity contribution in [2.45, 2.75) is 6.54 Å². The van der Waals surface area contributed by atoms with Gasteiger partial charge in [0.25, 0.3) is 5.56 Å². The molecule has 0 amide bonds. The second-order valence-corrected chi connectivity index (χ2v) is 6.21. The first-order chi connectivity index (χ1) is 13.0. The van der Waals surface area contributed by atoms with E-state index in [1.54, 1.807) is 24.9 Å². The number of fused-ring (bicyclic) bond motifs is 1. The maximum atomic E-state index is 12.1. The number of imidazole rings is 1. The van der Waals surface area contributed by atoms with Crippen LogP contribution >= 0.6 is 0 Å². The third-order valence-electron chi connectivity index (χ3n) is 4.33. The van der Waals surface area contributed by atoms with Crippen LogP contribution in [0.5, 0.6) is 0 Å². The number of rotatable bonds is 4. The molecule has 0 atom stereocenters. The van der Waals surface area contributed by atoms with Crippen molar-refractivity contribution in [1.29, 1.82) is 0 Å². The average Bonchev–Trinajstić information content (AvgIpc) is 3.25. The highest BCUT2D eigenvalue weighted by Gasteiger charge is 2.19. The largest absolute Gasteiger partial charge is 0.359 e. The molecule has 0 aliphatic heterocycles. The molecule has 0 aliphatic rings. The predicted molar refractivity (Wildman–Crippen MR) is 98.4 cm³/mol. The van der Waals surface area contributed by atoms with E-state index in [1.807, 2.05) is 36.2 Å². The van der Waals surface area contributed by atoms with E-state index in [0.29, 0.717) is 35.1 Å². The number of anilines is 1. The van der Waals surface area contributed by atoms with Crippen molar-refractivity contribution in [3.63, 3.8) is 0 Å². The number of aromatic amines is 1. The molecular weight excluding hydrogens is 350 g/mol. The Morgan fingerprint density at radius 2 is 2.00 bits per heavy atom. The Balaban J connectivity index is 1.67. The topological polar surface area (TPSA) is 115 Å². The van der Waals surface area contributed by atoms with Crippen LogP contribution in [0.4, 0.5) is 5.95 Å². The quantitative estimate of drug-likeness (QED) is 0.563. The molecule has 4 rings (SSSR count). The summed E-state index contributed by atoms with van der Waals surface area (Å²) in [5, 5.41) is 4.05. The highest BCUT2D eigenvalue weighted by atomic mass is 16.5. The van der Waals surface area contributed by atoms with E-state index in [0.717, 1.165) is 5.69 Å². The minimum absolute atomic E-state index is 0.319. The zero-order valence-corrected chi connectivity index (χ0v) is 15.0. The molecule has 4 aromatic heterocycles. The second-order valence-electron chi connectivity index (χ2n) is 6.21. The van der Waals surface area contributed by atoms with Crippen LogP contribution in [0.15, 0.2) is 44.6 Å². The van der Waals surface area contributed by atoms with Crippen LogP contribution in [0.3, 0.4) is 0 Å². The van der Waals surface area contributed by atoms with Gasteiger partial charge in [-0.2, -0.15) is 4.98 Å². The van der Waals surface area contributed by atoms with Crippen molar-refractivity contribution < 1.29 is 4.52 Å². The molecule has 0 aromatic carbocycles. The first-order valence-electron chi connectivity index (χ1n) is 8.19. The summed E-state index contributed by atoms with van der Waals surface area (Å²) >= 11 is 0. The fourth-order valence-electron chi connectivity index (χ4n) is 2.97. The molecule has 0 aliphatic carbocycles. The normalized spacial score (nSPS) is 11.2. The van der Waals surface area contributed by atoms with E-state index < -0.39 is 11.2 Å². The molecule has 27 heavy (non-hydrogen) atoms. The first-order valence-corrected chi connectivity index (χ1v) is 8.19. The Labute approximate surface area is 152 Å². The van der Waals surface area contributed by atoms with Gasteiger partial charge in [-0.1, -0.05) is 11.2 Å². The lowest BCUT2D eigenvalue weighted by molar-refractivity contribution is 0.384. The Kier molecular flexibility index (Phi) is 3.87. The van der Waals surface area contributed by atoms with Crippen molar-refractivity contribution in [2.75, 3.05) is 11.9 Å². The lowest BCUT2D eigenvalue weighted by Crippen LogP contribution is -2.29. The Morgan fingerprint density at radius 3 is 2.74 bits per heavy atom. The zero-order valence-electron chi connectivity index (χ0n) is 15.0. The van der Waals surface area contributed by atoms with Gasteiger partial charge in [-0.25, -0.2) is 4.79 Å². The van der Waals surface area contributed by atoms with E-state index in [1.165, 1.54) is 4.57 Å².